The second-order valence-corrected chi connectivity index (χ2v) is 7.72. The molecule has 0 aromatic carbocycles. The predicted octanol–water partition coefficient (Wildman–Crippen LogP) is 4.26. The summed E-state index contributed by atoms with van der Waals surface area (Å²) in [5.41, 5.74) is -0.258. The van der Waals surface area contributed by atoms with Gasteiger partial charge < -0.3 is 9.47 Å². The molecule has 0 aliphatic heterocycles. The fourth-order valence-electron chi connectivity index (χ4n) is 1.83. The fraction of sp³-hybridized carbons (Fsp3) is 0.882. The van der Waals surface area contributed by atoms with E-state index in [1.165, 1.54) is 19.3 Å². The number of carbonyl (C=O) groups is 2. The summed E-state index contributed by atoms with van der Waals surface area (Å²) in [6, 6.07) is 0. The lowest BCUT2D eigenvalue weighted by molar-refractivity contribution is -0.174. The molecule has 0 bridgehead atoms. The van der Waals surface area contributed by atoms with E-state index < -0.39 is 17.5 Å². The zero-order valence-corrected chi connectivity index (χ0v) is 14.6. The number of ether oxygens (including phenoxy) is 2. The molecule has 4 heteroatoms. The summed E-state index contributed by atoms with van der Waals surface area (Å²) < 4.78 is 9.83. The van der Waals surface area contributed by atoms with Crippen LogP contribution in [-0.4, -0.2) is 24.1 Å². The standard InChI is InChI=1S/C17H32O4/c1-16(2,3)12-10-8-7-9-11-13-20-14(18)15(19)21-17(4,5)6/h7-13H2,1-6H3. The van der Waals surface area contributed by atoms with Gasteiger partial charge in [-0.2, -0.15) is 0 Å². The summed E-state index contributed by atoms with van der Waals surface area (Å²) in [5, 5.41) is 0. The maximum atomic E-state index is 11.4. The van der Waals surface area contributed by atoms with Crippen molar-refractivity contribution in [3.8, 4) is 0 Å². The van der Waals surface area contributed by atoms with Crippen LogP contribution in [0, 0.1) is 5.41 Å². The first-order valence-corrected chi connectivity index (χ1v) is 7.91. The maximum absolute atomic E-state index is 11.4. The van der Waals surface area contributed by atoms with Gasteiger partial charge in [-0.05, 0) is 39.0 Å². The van der Waals surface area contributed by atoms with E-state index in [1.54, 1.807) is 20.8 Å². The number of hydrogen-bond donors (Lipinski definition) is 0. The topological polar surface area (TPSA) is 52.6 Å². The molecule has 4 nitrogen and oxygen atoms in total. The summed E-state index contributed by atoms with van der Waals surface area (Å²) in [4.78, 5) is 22.7. The Balaban J connectivity index is 3.55. The second-order valence-electron chi connectivity index (χ2n) is 7.72. The van der Waals surface area contributed by atoms with Gasteiger partial charge in [0.05, 0.1) is 6.61 Å². The average molecular weight is 300 g/mol. The van der Waals surface area contributed by atoms with E-state index in [9.17, 15) is 9.59 Å². The van der Waals surface area contributed by atoms with Crippen molar-refractivity contribution in [3.05, 3.63) is 0 Å². The molecule has 21 heavy (non-hydrogen) atoms. The monoisotopic (exact) mass is 300 g/mol. The molecule has 0 aliphatic carbocycles. The van der Waals surface area contributed by atoms with Gasteiger partial charge in [0, 0.05) is 0 Å². The van der Waals surface area contributed by atoms with Gasteiger partial charge >= 0.3 is 11.9 Å². The molecule has 0 unspecified atom stereocenters. The molecule has 0 N–H and O–H groups in total. The lowest BCUT2D eigenvalue weighted by atomic mass is 9.89. The Bertz CT molecular complexity index is 321. The van der Waals surface area contributed by atoms with Gasteiger partial charge in [0.15, 0.2) is 0 Å². The minimum Gasteiger partial charge on any atom is -0.457 e. The third kappa shape index (κ3) is 13.7. The highest BCUT2D eigenvalue weighted by Gasteiger charge is 2.23. The Kier molecular flexibility index (Phi) is 8.60. The Hall–Kier alpha value is -1.06. The molecular formula is C17H32O4. The SMILES string of the molecule is CC(C)(C)CCCCCCCOC(=O)C(=O)OC(C)(C)C. The van der Waals surface area contributed by atoms with Gasteiger partial charge in [-0.15, -0.1) is 0 Å². The quantitative estimate of drug-likeness (QED) is 0.400. The van der Waals surface area contributed by atoms with Crippen LogP contribution in [0.3, 0.4) is 0 Å². The largest absolute Gasteiger partial charge is 0.457 e. The minimum atomic E-state index is -0.910. The van der Waals surface area contributed by atoms with E-state index in [4.69, 9.17) is 9.47 Å². The lowest BCUT2D eigenvalue weighted by Gasteiger charge is -2.18. The Morgan fingerprint density at radius 2 is 1.29 bits per heavy atom. The van der Waals surface area contributed by atoms with Crippen molar-refractivity contribution in [3.63, 3.8) is 0 Å². The van der Waals surface area contributed by atoms with Crippen molar-refractivity contribution in [1.82, 2.24) is 0 Å². The van der Waals surface area contributed by atoms with E-state index >= 15 is 0 Å². The van der Waals surface area contributed by atoms with E-state index in [1.807, 2.05) is 0 Å². The molecule has 0 spiro atoms. The molecule has 0 saturated heterocycles. The van der Waals surface area contributed by atoms with Crippen molar-refractivity contribution in [1.29, 1.82) is 0 Å². The van der Waals surface area contributed by atoms with Gasteiger partial charge in [-0.25, -0.2) is 9.59 Å². The molecule has 0 radical (unpaired) electrons. The van der Waals surface area contributed by atoms with Gasteiger partial charge in [0.25, 0.3) is 0 Å². The maximum Gasteiger partial charge on any atom is 0.417 e. The van der Waals surface area contributed by atoms with Crippen molar-refractivity contribution in [2.45, 2.75) is 85.7 Å². The third-order valence-electron chi connectivity index (χ3n) is 2.87. The van der Waals surface area contributed by atoms with Crippen LogP contribution in [0.2, 0.25) is 0 Å². The first-order chi connectivity index (χ1) is 9.51. The molecule has 0 amide bonds. The summed E-state index contributed by atoms with van der Waals surface area (Å²) in [7, 11) is 0. The summed E-state index contributed by atoms with van der Waals surface area (Å²) >= 11 is 0. The molecule has 0 aliphatic rings. The van der Waals surface area contributed by atoms with Crippen LogP contribution in [0.5, 0.6) is 0 Å². The van der Waals surface area contributed by atoms with E-state index in [0.717, 1.165) is 19.3 Å². The van der Waals surface area contributed by atoms with Crippen molar-refractivity contribution >= 4 is 11.9 Å². The van der Waals surface area contributed by atoms with Crippen LogP contribution >= 0.6 is 0 Å². The molecule has 124 valence electrons. The molecule has 0 atom stereocenters. The molecule has 0 aromatic heterocycles. The van der Waals surface area contributed by atoms with Gasteiger partial charge in [-0.3, -0.25) is 0 Å². The molecule has 0 aromatic rings. The fourth-order valence-corrected chi connectivity index (χ4v) is 1.83. The van der Waals surface area contributed by atoms with Crippen molar-refractivity contribution < 1.29 is 19.1 Å². The van der Waals surface area contributed by atoms with Gasteiger partial charge in [-0.1, -0.05) is 46.5 Å². The number of carbonyl (C=O) groups excluding carboxylic acids is 2. The van der Waals surface area contributed by atoms with Crippen LogP contribution < -0.4 is 0 Å². The molecular weight excluding hydrogens is 268 g/mol. The molecule has 0 saturated carbocycles. The summed E-state index contributed by atoms with van der Waals surface area (Å²) in [6.07, 6.45) is 6.63. The molecule has 0 fully saturated rings. The van der Waals surface area contributed by atoms with Crippen LogP contribution in [-0.2, 0) is 19.1 Å². The third-order valence-corrected chi connectivity index (χ3v) is 2.87. The highest BCUT2D eigenvalue weighted by molar-refractivity contribution is 6.29. The van der Waals surface area contributed by atoms with E-state index in [2.05, 4.69) is 20.8 Å². The Morgan fingerprint density at radius 3 is 1.81 bits per heavy atom. The minimum absolute atomic E-state index is 0.289. The highest BCUT2D eigenvalue weighted by Crippen LogP contribution is 2.22. The number of hydrogen-bond acceptors (Lipinski definition) is 4. The smallest absolute Gasteiger partial charge is 0.417 e. The Morgan fingerprint density at radius 1 is 0.762 bits per heavy atom. The molecule has 0 rings (SSSR count). The highest BCUT2D eigenvalue weighted by atomic mass is 16.6. The van der Waals surface area contributed by atoms with Crippen molar-refractivity contribution in [2.24, 2.45) is 5.41 Å². The second kappa shape index (κ2) is 9.06. The first kappa shape index (κ1) is 19.9. The first-order valence-electron chi connectivity index (χ1n) is 7.91. The average Bonchev–Trinajstić information content (AvgIpc) is 2.28. The molecule has 0 heterocycles. The van der Waals surface area contributed by atoms with Gasteiger partial charge in [0.2, 0.25) is 0 Å². The van der Waals surface area contributed by atoms with Crippen LogP contribution in [0.4, 0.5) is 0 Å². The van der Waals surface area contributed by atoms with E-state index in [-0.39, 0.29) is 6.61 Å². The number of unbranched alkanes of at least 4 members (excludes halogenated alkanes) is 4. The lowest BCUT2D eigenvalue weighted by Crippen LogP contribution is -2.30. The number of esters is 2. The normalized spacial score (nSPS) is 12.1. The predicted molar refractivity (Wildman–Crippen MR) is 84.0 cm³/mol. The zero-order chi connectivity index (χ0) is 16.5. The van der Waals surface area contributed by atoms with Gasteiger partial charge in [0.1, 0.15) is 5.60 Å². The van der Waals surface area contributed by atoms with E-state index in [0.29, 0.717) is 5.41 Å². The summed E-state index contributed by atoms with van der Waals surface area (Å²) in [6.45, 7) is 12.2. The summed E-state index contributed by atoms with van der Waals surface area (Å²) in [5.74, 6) is -1.80. The number of rotatable bonds is 7. The van der Waals surface area contributed by atoms with Crippen LogP contribution in [0.15, 0.2) is 0 Å². The van der Waals surface area contributed by atoms with Crippen LogP contribution in [0.25, 0.3) is 0 Å². The Labute approximate surface area is 129 Å². The zero-order valence-electron chi connectivity index (χ0n) is 14.6. The van der Waals surface area contributed by atoms with Crippen LogP contribution in [0.1, 0.15) is 80.1 Å². The van der Waals surface area contributed by atoms with Crippen molar-refractivity contribution in [2.75, 3.05) is 6.61 Å².